The Bertz CT molecular complexity index is 1040. The number of hydrogen-bond donors (Lipinski definition) is 0. The molecular weight excluding hydrogens is 420 g/mol. The maximum Gasteiger partial charge on any atom is 0.123 e. The summed E-state index contributed by atoms with van der Waals surface area (Å²) < 4.78 is 38.8. The minimum Gasteiger partial charge on any atom is -0.492 e. The van der Waals surface area contributed by atoms with Gasteiger partial charge in [-0.1, -0.05) is 48.5 Å². The number of nitrogens with zero attached hydrogens (tertiary/aromatic N) is 1. The number of rotatable bonds is 9. The molecule has 0 radical (unpaired) electrons. The molecule has 172 valence electrons. The second kappa shape index (κ2) is 11.7. The Morgan fingerprint density at radius 2 is 1.61 bits per heavy atom. The lowest BCUT2D eigenvalue weighted by Crippen LogP contribution is -2.38. The molecule has 0 unspecified atom stereocenters. The van der Waals surface area contributed by atoms with Crippen LogP contribution in [0.1, 0.15) is 11.1 Å². The van der Waals surface area contributed by atoms with Gasteiger partial charge in [-0.3, -0.25) is 4.90 Å². The SMILES string of the molecule is F/C(=C\Cc1cccc(F)c1)Cc1ccc(-c2ccc(OCCN3CCOCC3)cc2)cc1. The highest BCUT2D eigenvalue weighted by Gasteiger charge is 2.09. The lowest BCUT2D eigenvalue weighted by molar-refractivity contribution is 0.0322. The highest BCUT2D eigenvalue weighted by atomic mass is 19.1. The zero-order valence-electron chi connectivity index (χ0n) is 18.7. The predicted molar refractivity (Wildman–Crippen MR) is 128 cm³/mol. The molecule has 0 amide bonds. The van der Waals surface area contributed by atoms with Gasteiger partial charge < -0.3 is 9.47 Å². The van der Waals surface area contributed by atoms with Crippen LogP contribution in [0.3, 0.4) is 0 Å². The summed E-state index contributed by atoms with van der Waals surface area (Å²) in [7, 11) is 0. The Morgan fingerprint density at radius 3 is 2.30 bits per heavy atom. The average Bonchev–Trinajstić information content (AvgIpc) is 2.85. The van der Waals surface area contributed by atoms with E-state index >= 15 is 0 Å². The molecule has 0 aromatic heterocycles. The molecule has 5 heteroatoms. The molecule has 1 heterocycles. The Kier molecular flexibility index (Phi) is 8.23. The van der Waals surface area contributed by atoms with Crippen molar-refractivity contribution in [3.63, 3.8) is 0 Å². The van der Waals surface area contributed by atoms with E-state index in [0.717, 1.165) is 60.9 Å². The molecule has 0 aliphatic carbocycles. The van der Waals surface area contributed by atoms with Crippen LogP contribution < -0.4 is 4.74 Å². The van der Waals surface area contributed by atoms with Gasteiger partial charge in [0.25, 0.3) is 0 Å². The predicted octanol–water partition coefficient (Wildman–Crippen LogP) is 5.84. The van der Waals surface area contributed by atoms with E-state index in [1.165, 1.54) is 18.2 Å². The summed E-state index contributed by atoms with van der Waals surface area (Å²) in [4.78, 5) is 2.35. The van der Waals surface area contributed by atoms with Crippen molar-refractivity contribution in [1.82, 2.24) is 4.90 Å². The van der Waals surface area contributed by atoms with E-state index in [1.807, 2.05) is 48.5 Å². The monoisotopic (exact) mass is 449 g/mol. The summed E-state index contributed by atoms with van der Waals surface area (Å²) in [5.41, 5.74) is 3.82. The minimum atomic E-state index is -0.301. The molecule has 0 atom stereocenters. The maximum absolute atomic E-state index is 14.3. The van der Waals surface area contributed by atoms with Gasteiger partial charge in [0.1, 0.15) is 24.0 Å². The number of ether oxygens (including phenoxy) is 2. The van der Waals surface area contributed by atoms with Crippen LogP contribution in [0.4, 0.5) is 8.78 Å². The highest BCUT2D eigenvalue weighted by molar-refractivity contribution is 5.64. The smallest absolute Gasteiger partial charge is 0.123 e. The molecule has 1 fully saturated rings. The molecule has 3 aromatic carbocycles. The van der Waals surface area contributed by atoms with Gasteiger partial charge in [0, 0.05) is 26.1 Å². The van der Waals surface area contributed by atoms with E-state index in [-0.39, 0.29) is 18.1 Å². The van der Waals surface area contributed by atoms with Crippen LogP contribution in [0.2, 0.25) is 0 Å². The van der Waals surface area contributed by atoms with E-state index < -0.39 is 0 Å². The van der Waals surface area contributed by atoms with Gasteiger partial charge in [0.2, 0.25) is 0 Å². The zero-order valence-corrected chi connectivity index (χ0v) is 18.7. The first-order valence-electron chi connectivity index (χ1n) is 11.4. The minimum absolute atomic E-state index is 0.217. The summed E-state index contributed by atoms with van der Waals surface area (Å²) in [5, 5.41) is 0. The van der Waals surface area contributed by atoms with E-state index in [2.05, 4.69) is 4.90 Å². The van der Waals surface area contributed by atoms with Crippen molar-refractivity contribution in [2.24, 2.45) is 0 Å². The fraction of sp³-hybridized carbons (Fsp3) is 0.286. The van der Waals surface area contributed by atoms with Crippen LogP contribution in [0, 0.1) is 5.82 Å². The van der Waals surface area contributed by atoms with Crippen LogP contribution in [-0.4, -0.2) is 44.4 Å². The quantitative estimate of drug-likeness (QED) is 0.410. The van der Waals surface area contributed by atoms with Gasteiger partial charge in [-0.2, -0.15) is 0 Å². The maximum atomic E-state index is 14.3. The Balaban J connectivity index is 1.27. The summed E-state index contributed by atoms with van der Waals surface area (Å²) >= 11 is 0. The van der Waals surface area contributed by atoms with Crippen molar-refractivity contribution >= 4 is 0 Å². The first kappa shape index (κ1) is 23.1. The van der Waals surface area contributed by atoms with Crippen LogP contribution >= 0.6 is 0 Å². The van der Waals surface area contributed by atoms with Crippen molar-refractivity contribution in [2.45, 2.75) is 12.8 Å². The summed E-state index contributed by atoms with van der Waals surface area (Å²) in [6, 6.07) is 22.2. The fourth-order valence-electron chi connectivity index (χ4n) is 3.84. The Morgan fingerprint density at radius 1 is 0.909 bits per heavy atom. The van der Waals surface area contributed by atoms with Gasteiger partial charge in [-0.05, 0) is 59.0 Å². The van der Waals surface area contributed by atoms with Gasteiger partial charge in [0.15, 0.2) is 0 Å². The lowest BCUT2D eigenvalue weighted by Gasteiger charge is -2.26. The number of allylic oxidation sites excluding steroid dienone is 2. The third-order valence-corrected chi connectivity index (χ3v) is 5.74. The number of morpholine rings is 1. The third kappa shape index (κ3) is 7.24. The molecule has 1 aliphatic heterocycles. The van der Waals surface area contributed by atoms with E-state index in [1.54, 1.807) is 12.1 Å². The van der Waals surface area contributed by atoms with Crippen molar-refractivity contribution < 1.29 is 18.3 Å². The second-order valence-corrected chi connectivity index (χ2v) is 8.19. The molecule has 1 aliphatic rings. The largest absolute Gasteiger partial charge is 0.492 e. The molecule has 3 nitrogen and oxygen atoms in total. The number of benzene rings is 3. The van der Waals surface area contributed by atoms with Crippen molar-refractivity contribution in [3.8, 4) is 16.9 Å². The molecule has 3 aromatic rings. The standard InChI is InChI=1S/C28H29F2NO2/c29-26-3-1-2-22(20-26)6-11-27(30)21-23-4-7-24(8-5-23)25-9-12-28(13-10-25)33-19-16-31-14-17-32-18-15-31/h1-5,7-13,20H,6,14-19,21H2/b27-11-. The Labute approximate surface area is 194 Å². The van der Waals surface area contributed by atoms with Crippen LogP contribution in [0.15, 0.2) is 84.7 Å². The molecule has 0 saturated carbocycles. The van der Waals surface area contributed by atoms with Crippen molar-refractivity contribution in [3.05, 3.63) is 102 Å². The number of halogens is 2. The van der Waals surface area contributed by atoms with E-state index in [4.69, 9.17) is 9.47 Å². The van der Waals surface area contributed by atoms with E-state index in [9.17, 15) is 8.78 Å². The first-order chi connectivity index (χ1) is 16.2. The van der Waals surface area contributed by atoms with Crippen LogP contribution in [0.25, 0.3) is 11.1 Å². The third-order valence-electron chi connectivity index (χ3n) is 5.74. The second-order valence-electron chi connectivity index (χ2n) is 8.19. The highest BCUT2D eigenvalue weighted by Crippen LogP contribution is 2.24. The average molecular weight is 450 g/mol. The van der Waals surface area contributed by atoms with Crippen molar-refractivity contribution in [1.29, 1.82) is 0 Å². The summed E-state index contributed by atoms with van der Waals surface area (Å²) in [6.07, 6.45) is 2.12. The van der Waals surface area contributed by atoms with Gasteiger partial charge in [-0.25, -0.2) is 8.78 Å². The van der Waals surface area contributed by atoms with Crippen molar-refractivity contribution in [2.75, 3.05) is 39.5 Å². The lowest BCUT2D eigenvalue weighted by atomic mass is 10.0. The fourth-order valence-corrected chi connectivity index (χ4v) is 3.84. The van der Waals surface area contributed by atoms with E-state index in [0.29, 0.717) is 13.0 Å². The van der Waals surface area contributed by atoms with Crippen LogP contribution in [0.5, 0.6) is 5.75 Å². The van der Waals surface area contributed by atoms with Gasteiger partial charge in [0.05, 0.1) is 13.2 Å². The van der Waals surface area contributed by atoms with Crippen LogP contribution in [-0.2, 0) is 17.6 Å². The molecule has 1 saturated heterocycles. The normalized spacial score (nSPS) is 14.9. The summed E-state index contributed by atoms with van der Waals surface area (Å²) in [5.74, 6) is 0.337. The molecule has 0 spiro atoms. The topological polar surface area (TPSA) is 21.7 Å². The molecule has 4 rings (SSSR count). The first-order valence-corrected chi connectivity index (χ1v) is 11.4. The summed E-state index contributed by atoms with van der Waals surface area (Å²) in [6.45, 7) is 5.08. The molecular formula is C28H29F2NO2. The molecule has 0 bridgehead atoms. The Hall–Kier alpha value is -3.02. The molecule has 33 heavy (non-hydrogen) atoms. The van der Waals surface area contributed by atoms with Gasteiger partial charge in [-0.15, -0.1) is 0 Å². The molecule has 0 N–H and O–H groups in total. The van der Waals surface area contributed by atoms with Gasteiger partial charge >= 0.3 is 0 Å². The number of hydrogen-bond acceptors (Lipinski definition) is 3. The zero-order chi connectivity index (χ0) is 22.9.